The molecule has 1 unspecified atom stereocenters. The van der Waals surface area contributed by atoms with E-state index in [4.69, 9.17) is 23.2 Å². The highest BCUT2D eigenvalue weighted by Crippen LogP contribution is 2.31. The first kappa shape index (κ1) is 22.5. The topological polar surface area (TPSA) is 87.2 Å². The van der Waals surface area contributed by atoms with Crippen LogP contribution in [0.4, 0.5) is 16.2 Å². The SMILES string of the molecule is Cc1ccc(NC(=O)c2nnc(C3CCCN(C(=O)Nc4cc(Cl)ccc4Cl)C3)s2)cc1. The lowest BCUT2D eigenvalue weighted by molar-refractivity contribution is 0.102. The first-order chi connectivity index (χ1) is 15.4. The minimum Gasteiger partial charge on any atom is -0.324 e. The molecule has 0 aliphatic carbocycles. The summed E-state index contributed by atoms with van der Waals surface area (Å²) in [5.74, 6) is -0.277. The number of aryl methyl sites for hydroxylation is 1. The fourth-order valence-corrected chi connectivity index (χ4v) is 4.66. The van der Waals surface area contributed by atoms with E-state index in [0.717, 1.165) is 23.4 Å². The Morgan fingerprint density at radius 2 is 1.88 bits per heavy atom. The van der Waals surface area contributed by atoms with E-state index in [1.165, 1.54) is 11.3 Å². The van der Waals surface area contributed by atoms with Gasteiger partial charge in [-0.3, -0.25) is 4.79 Å². The van der Waals surface area contributed by atoms with Crippen molar-refractivity contribution in [3.05, 3.63) is 68.1 Å². The van der Waals surface area contributed by atoms with Crippen LogP contribution in [-0.2, 0) is 0 Å². The minimum atomic E-state index is -0.293. The second-order valence-electron chi connectivity index (χ2n) is 7.61. The predicted octanol–water partition coefficient (Wildman–Crippen LogP) is 5.82. The van der Waals surface area contributed by atoms with Gasteiger partial charge in [-0.15, -0.1) is 10.2 Å². The molecule has 3 aromatic rings. The number of aromatic nitrogens is 2. The number of carbonyl (C=O) groups excluding carboxylic acids is 2. The molecule has 1 aliphatic heterocycles. The molecule has 4 rings (SSSR count). The average molecular weight is 490 g/mol. The molecule has 166 valence electrons. The van der Waals surface area contributed by atoms with Crippen molar-refractivity contribution in [2.75, 3.05) is 23.7 Å². The molecule has 1 aliphatic rings. The third-order valence-corrected chi connectivity index (χ3v) is 6.82. The molecular weight excluding hydrogens is 469 g/mol. The van der Waals surface area contributed by atoms with E-state index in [2.05, 4.69) is 20.8 Å². The lowest BCUT2D eigenvalue weighted by Crippen LogP contribution is -2.41. The van der Waals surface area contributed by atoms with Crippen LogP contribution in [0.15, 0.2) is 42.5 Å². The molecule has 0 spiro atoms. The summed E-state index contributed by atoms with van der Waals surface area (Å²) in [6, 6.07) is 12.2. The summed E-state index contributed by atoms with van der Waals surface area (Å²) in [7, 11) is 0. The normalized spacial score (nSPS) is 16.0. The van der Waals surface area contributed by atoms with Crippen LogP contribution in [0, 0.1) is 6.92 Å². The van der Waals surface area contributed by atoms with E-state index >= 15 is 0 Å². The maximum Gasteiger partial charge on any atom is 0.321 e. The number of likely N-dealkylation sites (tertiary alicyclic amines) is 1. The summed E-state index contributed by atoms with van der Waals surface area (Å²) in [6.07, 6.45) is 1.70. The Morgan fingerprint density at radius 3 is 2.66 bits per heavy atom. The van der Waals surface area contributed by atoms with Gasteiger partial charge >= 0.3 is 6.03 Å². The summed E-state index contributed by atoms with van der Waals surface area (Å²) in [6.45, 7) is 3.10. The van der Waals surface area contributed by atoms with Crippen molar-refractivity contribution in [3.8, 4) is 0 Å². The highest BCUT2D eigenvalue weighted by molar-refractivity contribution is 7.13. The number of urea groups is 1. The summed E-state index contributed by atoms with van der Waals surface area (Å²) >= 11 is 13.4. The molecule has 0 bridgehead atoms. The number of amides is 3. The van der Waals surface area contributed by atoms with Crippen LogP contribution in [0.1, 0.15) is 39.1 Å². The van der Waals surface area contributed by atoms with Crippen LogP contribution >= 0.6 is 34.5 Å². The van der Waals surface area contributed by atoms with Crippen molar-refractivity contribution >= 4 is 57.9 Å². The Hall–Kier alpha value is -2.68. The third-order valence-electron chi connectivity index (χ3n) is 5.17. The van der Waals surface area contributed by atoms with Crippen molar-refractivity contribution in [3.63, 3.8) is 0 Å². The number of carbonyl (C=O) groups is 2. The molecule has 2 heterocycles. The van der Waals surface area contributed by atoms with Gasteiger partial charge in [0.2, 0.25) is 5.01 Å². The largest absolute Gasteiger partial charge is 0.324 e. The van der Waals surface area contributed by atoms with Crippen molar-refractivity contribution in [1.82, 2.24) is 15.1 Å². The van der Waals surface area contributed by atoms with Crippen LogP contribution in [0.2, 0.25) is 10.0 Å². The first-order valence-corrected chi connectivity index (χ1v) is 11.7. The molecule has 0 saturated carbocycles. The molecule has 1 fully saturated rings. The Balaban J connectivity index is 1.39. The van der Waals surface area contributed by atoms with Gasteiger partial charge in [-0.25, -0.2) is 4.79 Å². The lowest BCUT2D eigenvalue weighted by atomic mass is 9.99. The van der Waals surface area contributed by atoms with Crippen molar-refractivity contribution in [2.45, 2.75) is 25.7 Å². The number of rotatable bonds is 4. The number of hydrogen-bond donors (Lipinski definition) is 2. The van der Waals surface area contributed by atoms with Crippen LogP contribution in [0.5, 0.6) is 0 Å². The Bertz CT molecular complexity index is 1140. The van der Waals surface area contributed by atoms with Crippen molar-refractivity contribution in [2.24, 2.45) is 0 Å². The Labute approximate surface area is 199 Å². The summed E-state index contributed by atoms with van der Waals surface area (Å²) < 4.78 is 0. The fourth-order valence-electron chi connectivity index (χ4n) is 3.46. The lowest BCUT2D eigenvalue weighted by Gasteiger charge is -2.31. The number of benzene rings is 2. The number of anilines is 2. The van der Waals surface area contributed by atoms with E-state index in [-0.39, 0.29) is 17.9 Å². The minimum absolute atomic E-state index is 0.0164. The summed E-state index contributed by atoms with van der Waals surface area (Å²) in [4.78, 5) is 27.0. The molecule has 1 aromatic heterocycles. The second kappa shape index (κ2) is 9.85. The van der Waals surface area contributed by atoms with Crippen molar-refractivity contribution < 1.29 is 9.59 Å². The maximum absolute atomic E-state index is 12.8. The van der Waals surface area contributed by atoms with Crippen LogP contribution in [-0.4, -0.2) is 40.1 Å². The van der Waals surface area contributed by atoms with Gasteiger partial charge in [0, 0.05) is 29.7 Å². The molecule has 0 radical (unpaired) electrons. The zero-order chi connectivity index (χ0) is 22.7. The Kier molecular flexibility index (Phi) is 6.93. The number of hydrogen-bond acceptors (Lipinski definition) is 5. The molecule has 1 atom stereocenters. The van der Waals surface area contributed by atoms with Gasteiger partial charge < -0.3 is 15.5 Å². The summed E-state index contributed by atoms with van der Waals surface area (Å²) in [5, 5.41) is 15.9. The fraction of sp³-hybridized carbons (Fsp3) is 0.273. The number of piperidine rings is 1. The standard InChI is InChI=1S/C22H21Cl2N5O2S/c1-13-4-7-16(8-5-13)25-19(30)21-28-27-20(32-21)14-3-2-10-29(12-14)22(31)26-18-11-15(23)6-9-17(18)24/h4-9,11,14H,2-3,10,12H2,1H3,(H,25,30)(H,26,31). The molecule has 2 N–H and O–H groups in total. The van der Waals surface area contributed by atoms with E-state index in [0.29, 0.717) is 39.5 Å². The third kappa shape index (κ3) is 5.38. The van der Waals surface area contributed by atoms with Gasteiger partial charge in [0.1, 0.15) is 5.01 Å². The molecule has 3 amide bonds. The average Bonchev–Trinajstić information content (AvgIpc) is 3.28. The van der Waals surface area contributed by atoms with E-state index in [9.17, 15) is 9.59 Å². The van der Waals surface area contributed by atoms with E-state index in [1.807, 2.05) is 31.2 Å². The van der Waals surface area contributed by atoms with Gasteiger partial charge in [0.15, 0.2) is 0 Å². The molecule has 7 nitrogen and oxygen atoms in total. The highest BCUT2D eigenvalue weighted by Gasteiger charge is 2.28. The zero-order valence-corrected chi connectivity index (χ0v) is 19.6. The maximum atomic E-state index is 12.8. The highest BCUT2D eigenvalue weighted by atomic mass is 35.5. The van der Waals surface area contributed by atoms with Gasteiger partial charge in [-0.2, -0.15) is 0 Å². The zero-order valence-electron chi connectivity index (χ0n) is 17.3. The smallest absolute Gasteiger partial charge is 0.321 e. The van der Waals surface area contributed by atoms with E-state index < -0.39 is 0 Å². The quantitative estimate of drug-likeness (QED) is 0.483. The molecule has 10 heteroatoms. The summed E-state index contributed by atoms with van der Waals surface area (Å²) in [5.41, 5.74) is 2.29. The monoisotopic (exact) mass is 489 g/mol. The first-order valence-electron chi connectivity index (χ1n) is 10.1. The van der Waals surface area contributed by atoms with Gasteiger partial charge in [0.25, 0.3) is 5.91 Å². The molecular formula is C22H21Cl2N5O2S. The number of nitrogens with zero attached hydrogens (tertiary/aromatic N) is 3. The van der Waals surface area contributed by atoms with Gasteiger partial charge in [0.05, 0.1) is 10.7 Å². The molecule has 1 saturated heterocycles. The second-order valence-corrected chi connectivity index (χ2v) is 9.46. The van der Waals surface area contributed by atoms with E-state index in [1.54, 1.807) is 23.1 Å². The van der Waals surface area contributed by atoms with Crippen LogP contribution in [0.3, 0.4) is 0 Å². The van der Waals surface area contributed by atoms with Crippen molar-refractivity contribution in [1.29, 1.82) is 0 Å². The Morgan fingerprint density at radius 1 is 1.09 bits per heavy atom. The number of nitrogens with one attached hydrogen (secondary N) is 2. The van der Waals surface area contributed by atoms with Gasteiger partial charge in [-0.1, -0.05) is 52.2 Å². The molecule has 32 heavy (non-hydrogen) atoms. The van der Waals surface area contributed by atoms with Crippen LogP contribution < -0.4 is 10.6 Å². The van der Waals surface area contributed by atoms with Crippen LogP contribution in [0.25, 0.3) is 0 Å². The van der Waals surface area contributed by atoms with Gasteiger partial charge in [-0.05, 0) is 50.1 Å². The predicted molar refractivity (Wildman–Crippen MR) is 128 cm³/mol. The number of halogens is 2. The molecule has 2 aromatic carbocycles.